The second kappa shape index (κ2) is 13.1. The molecule has 1 aromatic rings. The van der Waals surface area contributed by atoms with Crippen LogP contribution < -0.4 is 15.4 Å². The summed E-state index contributed by atoms with van der Waals surface area (Å²) in [5.41, 5.74) is 0.645. The lowest BCUT2D eigenvalue weighted by Gasteiger charge is -2.40. The Labute approximate surface area is 253 Å². The van der Waals surface area contributed by atoms with Crippen molar-refractivity contribution in [2.24, 2.45) is 23.7 Å². The standard InChI is InChI=1S/C31H46N4O6S/c1-5-41-23-8-6-21(7-9-23)33-28(37)25-24-17-20(4)31(42-24)26(25)30(39)35(22(18-36)16-19(2)3)27(31)29(38)32-10-11-34-12-14-40-15-13-34/h6-9,19-20,22,24-27,36H,5,10-18H2,1-4H3,(H,32,38)(H,33,37)/t20?,22-,24+,25-,26+,27?,31?/m1/s1. The number of nitrogens with one attached hydrogen (secondary N) is 2. The highest BCUT2D eigenvalue weighted by atomic mass is 32.2. The zero-order valence-corrected chi connectivity index (χ0v) is 26.0. The van der Waals surface area contributed by atoms with Crippen molar-refractivity contribution in [3.63, 3.8) is 0 Å². The van der Waals surface area contributed by atoms with E-state index < -0.39 is 28.7 Å². The van der Waals surface area contributed by atoms with Crippen LogP contribution in [0.5, 0.6) is 5.75 Å². The molecule has 4 fully saturated rings. The molecule has 4 saturated heterocycles. The van der Waals surface area contributed by atoms with Crippen molar-refractivity contribution in [2.75, 3.05) is 57.9 Å². The summed E-state index contributed by atoms with van der Waals surface area (Å²) in [6.45, 7) is 12.7. The van der Waals surface area contributed by atoms with Crippen LogP contribution in [0, 0.1) is 23.7 Å². The number of morpholine rings is 1. The molecule has 3 N–H and O–H groups in total. The largest absolute Gasteiger partial charge is 0.494 e. The van der Waals surface area contributed by atoms with E-state index in [4.69, 9.17) is 9.47 Å². The van der Waals surface area contributed by atoms with Gasteiger partial charge in [0.2, 0.25) is 17.7 Å². The van der Waals surface area contributed by atoms with E-state index in [1.54, 1.807) is 28.8 Å². The summed E-state index contributed by atoms with van der Waals surface area (Å²) < 4.78 is 10.2. The summed E-state index contributed by atoms with van der Waals surface area (Å²) in [6, 6.07) is 6.00. The molecule has 0 aromatic heterocycles. The molecule has 2 bridgehead atoms. The van der Waals surface area contributed by atoms with Gasteiger partial charge in [0.05, 0.1) is 49.1 Å². The van der Waals surface area contributed by atoms with E-state index in [1.807, 2.05) is 19.1 Å². The van der Waals surface area contributed by atoms with Crippen molar-refractivity contribution in [1.29, 1.82) is 0 Å². The van der Waals surface area contributed by atoms with E-state index in [0.29, 0.717) is 45.0 Å². The van der Waals surface area contributed by atoms with Gasteiger partial charge in [-0.25, -0.2) is 0 Å². The van der Waals surface area contributed by atoms with Gasteiger partial charge in [-0.1, -0.05) is 20.8 Å². The molecule has 0 saturated carbocycles. The summed E-state index contributed by atoms with van der Waals surface area (Å²) in [6.07, 6.45) is 1.34. The first kappa shape index (κ1) is 31.1. The number of thioether (sulfide) groups is 1. The van der Waals surface area contributed by atoms with E-state index in [2.05, 4.69) is 36.3 Å². The maximum absolute atomic E-state index is 14.4. The summed E-state index contributed by atoms with van der Waals surface area (Å²) in [7, 11) is 0. The Balaban J connectivity index is 1.41. The third-order valence-electron chi connectivity index (χ3n) is 9.35. The number of ether oxygens (including phenoxy) is 2. The van der Waals surface area contributed by atoms with Gasteiger partial charge in [0, 0.05) is 37.1 Å². The minimum atomic E-state index is -0.746. The molecule has 232 valence electrons. The number of hydrogen-bond donors (Lipinski definition) is 3. The first-order valence-electron chi connectivity index (χ1n) is 15.4. The van der Waals surface area contributed by atoms with Crippen LogP contribution in [0.25, 0.3) is 0 Å². The fraction of sp³-hybridized carbons (Fsp3) is 0.710. The Morgan fingerprint density at radius 1 is 1.19 bits per heavy atom. The van der Waals surface area contributed by atoms with Gasteiger partial charge in [-0.2, -0.15) is 0 Å². The van der Waals surface area contributed by atoms with E-state index >= 15 is 0 Å². The fourth-order valence-electron chi connectivity index (χ4n) is 7.56. The number of hydrogen-bond acceptors (Lipinski definition) is 8. The monoisotopic (exact) mass is 602 g/mol. The topological polar surface area (TPSA) is 120 Å². The van der Waals surface area contributed by atoms with Crippen LogP contribution in [-0.2, 0) is 19.1 Å². The molecule has 5 rings (SSSR count). The van der Waals surface area contributed by atoms with Gasteiger partial charge in [0.25, 0.3) is 0 Å². The normalized spacial score (nSPS) is 31.3. The molecular weight excluding hydrogens is 556 g/mol. The zero-order chi connectivity index (χ0) is 30.0. The number of benzene rings is 1. The molecule has 4 aliphatic heterocycles. The first-order chi connectivity index (χ1) is 20.2. The number of carbonyl (C=O) groups excluding carboxylic acids is 3. The molecule has 3 amide bonds. The van der Waals surface area contributed by atoms with Gasteiger partial charge in [-0.15, -0.1) is 11.8 Å². The van der Waals surface area contributed by atoms with Crippen molar-refractivity contribution in [3.05, 3.63) is 24.3 Å². The lowest BCUT2D eigenvalue weighted by molar-refractivity contribution is -0.142. The Hall–Kier alpha value is -2.34. The zero-order valence-electron chi connectivity index (χ0n) is 25.2. The molecule has 42 heavy (non-hydrogen) atoms. The molecule has 10 nitrogen and oxygen atoms in total. The number of nitrogens with zero attached hydrogens (tertiary/aromatic N) is 2. The van der Waals surface area contributed by atoms with E-state index in [0.717, 1.165) is 25.3 Å². The summed E-state index contributed by atoms with van der Waals surface area (Å²) in [5.74, 6) is -0.741. The SMILES string of the molecule is CCOc1ccc(NC(=O)[C@@H]2[C@@H]3CC(C)C4(S3)C(C(=O)NCCN3CCOCC3)N([C@@H](CO)CC(C)C)C(=O)[C@H]24)cc1. The summed E-state index contributed by atoms with van der Waals surface area (Å²) >= 11 is 1.65. The van der Waals surface area contributed by atoms with Crippen LogP contribution in [0.4, 0.5) is 5.69 Å². The number of aliphatic hydroxyl groups is 1. The average Bonchev–Trinajstić information content (AvgIpc) is 3.57. The number of anilines is 1. The first-order valence-corrected chi connectivity index (χ1v) is 16.3. The number of carbonyl (C=O) groups is 3. The molecule has 11 heteroatoms. The fourth-order valence-corrected chi connectivity index (χ4v) is 9.97. The highest BCUT2D eigenvalue weighted by molar-refractivity contribution is 8.02. The molecular formula is C31H46N4O6S. The van der Waals surface area contributed by atoms with Gasteiger partial charge >= 0.3 is 0 Å². The maximum atomic E-state index is 14.4. The highest BCUT2D eigenvalue weighted by Gasteiger charge is 2.76. The number of aliphatic hydroxyl groups excluding tert-OH is 1. The quantitative estimate of drug-likeness (QED) is 0.333. The van der Waals surface area contributed by atoms with Crippen molar-refractivity contribution >= 4 is 35.2 Å². The molecule has 1 aromatic carbocycles. The Morgan fingerprint density at radius 3 is 2.55 bits per heavy atom. The lowest BCUT2D eigenvalue weighted by atomic mass is 9.66. The minimum absolute atomic E-state index is 0.0554. The number of fused-ring (bicyclic) bond motifs is 1. The summed E-state index contributed by atoms with van der Waals surface area (Å²) in [4.78, 5) is 46.3. The third-order valence-corrected chi connectivity index (χ3v) is 11.4. The van der Waals surface area contributed by atoms with Crippen molar-refractivity contribution < 1.29 is 29.0 Å². The van der Waals surface area contributed by atoms with Crippen molar-refractivity contribution in [1.82, 2.24) is 15.1 Å². The van der Waals surface area contributed by atoms with Gasteiger partial charge in [0.15, 0.2) is 0 Å². The Morgan fingerprint density at radius 2 is 1.90 bits per heavy atom. The van der Waals surface area contributed by atoms with Crippen LogP contribution in [0.1, 0.15) is 40.5 Å². The molecule has 0 radical (unpaired) electrons. The molecule has 1 spiro atoms. The lowest BCUT2D eigenvalue weighted by Crippen LogP contribution is -2.59. The van der Waals surface area contributed by atoms with E-state index in [1.165, 1.54) is 0 Å². The molecule has 4 heterocycles. The summed E-state index contributed by atoms with van der Waals surface area (Å²) in [5, 5.41) is 16.6. The predicted octanol–water partition coefficient (Wildman–Crippen LogP) is 2.22. The molecule has 3 unspecified atom stereocenters. The van der Waals surface area contributed by atoms with Crippen molar-refractivity contribution in [3.8, 4) is 5.75 Å². The second-order valence-electron chi connectivity index (χ2n) is 12.5. The van der Waals surface area contributed by atoms with Gasteiger partial charge in [-0.3, -0.25) is 19.3 Å². The van der Waals surface area contributed by atoms with E-state index in [-0.39, 0.29) is 41.4 Å². The van der Waals surface area contributed by atoms with Crippen LogP contribution in [0.15, 0.2) is 24.3 Å². The van der Waals surface area contributed by atoms with Gasteiger partial charge < -0.3 is 30.1 Å². The van der Waals surface area contributed by atoms with Gasteiger partial charge in [0.1, 0.15) is 11.8 Å². The van der Waals surface area contributed by atoms with Crippen LogP contribution >= 0.6 is 11.8 Å². The van der Waals surface area contributed by atoms with Crippen LogP contribution in [-0.4, -0.2) is 107 Å². The smallest absolute Gasteiger partial charge is 0.244 e. The van der Waals surface area contributed by atoms with Gasteiger partial charge in [-0.05, 0) is 55.9 Å². The molecule has 7 atom stereocenters. The van der Waals surface area contributed by atoms with E-state index in [9.17, 15) is 19.5 Å². The second-order valence-corrected chi connectivity index (χ2v) is 14.0. The number of likely N-dealkylation sites (tertiary alicyclic amines) is 1. The average molecular weight is 603 g/mol. The van der Waals surface area contributed by atoms with Crippen molar-refractivity contribution in [2.45, 2.75) is 62.6 Å². The highest BCUT2D eigenvalue weighted by Crippen LogP contribution is 2.69. The maximum Gasteiger partial charge on any atom is 0.244 e. The predicted molar refractivity (Wildman–Crippen MR) is 162 cm³/mol. The third kappa shape index (κ3) is 5.77. The number of amides is 3. The molecule has 0 aliphatic carbocycles. The Kier molecular flexibility index (Phi) is 9.71. The minimum Gasteiger partial charge on any atom is -0.494 e. The Bertz CT molecular complexity index is 1130. The number of rotatable bonds is 12. The van der Waals surface area contributed by atoms with Crippen LogP contribution in [0.2, 0.25) is 0 Å². The van der Waals surface area contributed by atoms with Crippen LogP contribution in [0.3, 0.4) is 0 Å². The molecule has 4 aliphatic rings.